The third-order valence-electron chi connectivity index (χ3n) is 3.40. The first-order chi connectivity index (χ1) is 9.27. The van der Waals surface area contributed by atoms with Crippen LogP contribution in [0, 0.1) is 5.92 Å². The van der Waals surface area contributed by atoms with E-state index in [9.17, 15) is 0 Å². The molecule has 0 saturated carbocycles. The number of aromatic nitrogens is 3. The molecular weight excluding hydrogens is 236 g/mol. The number of hydrogen-bond acceptors (Lipinski definition) is 3. The monoisotopic (exact) mass is 258 g/mol. The highest BCUT2D eigenvalue weighted by Crippen LogP contribution is 2.23. The van der Waals surface area contributed by atoms with Crippen molar-refractivity contribution >= 4 is 0 Å². The van der Waals surface area contributed by atoms with Crippen LogP contribution in [0.3, 0.4) is 0 Å². The average molecular weight is 258 g/mol. The van der Waals surface area contributed by atoms with Gasteiger partial charge in [-0.2, -0.15) is 5.10 Å². The van der Waals surface area contributed by atoms with Gasteiger partial charge in [0.25, 0.3) is 0 Å². The van der Waals surface area contributed by atoms with Crippen LogP contribution in [0.5, 0.6) is 0 Å². The van der Waals surface area contributed by atoms with Crippen molar-refractivity contribution < 1.29 is 0 Å². The fraction of sp³-hybridized carbons (Fsp3) is 0.467. The summed E-state index contributed by atoms with van der Waals surface area (Å²) in [6.45, 7) is 6.46. The van der Waals surface area contributed by atoms with Crippen molar-refractivity contribution in [3.8, 4) is 0 Å². The van der Waals surface area contributed by atoms with Gasteiger partial charge in [0, 0.05) is 19.5 Å². The highest BCUT2D eigenvalue weighted by atomic mass is 15.2. The third-order valence-corrected chi connectivity index (χ3v) is 3.40. The molecule has 19 heavy (non-hydrogen) atoms. The Kier molecular flexibility index (Phi) is 5.10. The first kappa shape index (κ1) is 13.7. The smallest absolute Gasteiger partial charge is 0.137 e. The number of rotatable bonds is 7. The molecule has 2 rings (SSSR count). The van der Waals surface area contributed by atoms with Crippen molar-refractivity contribution in [1.82, 2.24) is 20.5 Å². The largest absolute Gasteiger partial charge is 0.316 e. The Morgan fingerprint density at radius 3 is 2.63 bits per heavy atom. The van der Waals surface area contributed by atoms with Gasteiger partial charge in [-0.25, -0.2) is 4.98 Å². The van der Waals surface area contributed by atoms with Crippen LogP contribution < -0.4 is 5.32 Å². The summed E-state index contributed by atoms with van der Waals surface area (Å²) in [6, 6.07) is 10.7. The number of hydrogen-bond donors (Lipinski definition) is 2. The molecule has 102 valence electrons. The molecule has 0 saturated heterocycles. The minimum Gasteiger partial charge on any atom is -0.316 e. The predicted molar refractivity (Wildman–Crippen MR) is 77.0 cm³/mol. The second-order valence-electron chi connectivity index (χ2n) is 5.15. The van der Waals surface area contributed by atoms with Gasteiger partial charge in [0.1, 0.15) is 12.2 Å². The number of benzene rings is 1. The van der Waals surface area contributed by atoms with E-state index >= 15 is 0 Å². The molecular formula is C15H22N4. The van der Waals surface area contributed by atoms with Crippen molar-refractivity contribution in [3.63, 3.8) is 0 Å². The van der Waals surface area contributed by atoms with Crippen LogP contribution in [0.2, 0.25) is 0 Å². The van der Waals surface area contributed by atoms with Gasteiger partial charge in [-0.1, -0.05) is 44.2 Å². The summed E-state index contributed by atoms with van der Waals surface area (Å²) in [7, 11) is 0. The van der Waals surface area contributed by atoms with Crippen molar-refractivity contribution in [3.05, 3.63) is 48.0 Å². The van der Waals surface area contributed by atoms with E-state index in [1.54, 1.807) is 6.33 Å². The molecule has 1 aromatic carbocycles. The van der Waals surface area contributed by atoms with Gasteiger partial charge in [-0.05, 0) is 17.4 Å². The third kappa shape index (κ3) is 4.17. The zero-order chi connectivity index (χ0) is 13.5. The molecule has 0 aliphatic carbocycles. The first-order valence-corrected chi connectivity index (χ1v) is 6.87. The second-order valence-corrected chi connectivity index (χ2v) is 5.15. The van der Waals surface area contributed by atoms with Gasteiger partial charge in [-0.15, -0.1) is 0 Å². The van der Waals surface area contributed by atoms with E-state index in [0.717, 1.165) is 25.3 Å². The van der Waals surface area contributed by atoms with E-state index in [-0.39, 0.29) is 0 Å². The maximum Gasteiger partial charge on any atom is 0.137 e. The standard InChI is InChI=1S/C15H22N4/c1-12(2)14(13-6-4-3-5-7-13)10-16-9-8-15-17-11-18-19-15/h3-7,11-12,14,16H,8-10H2,1-2H3,(H,17,18,19). The van der Waals surface area contributed by atoms with Gasteiger partial charge in [0.05, 0.1) is 0 Å². The first-order valence-electron chi connectivity index (χ1n) is 6.87. The Morgan fingerprint density at radius 1 is 1.21 bits per heavy atom. The van der Waals surface area contributed by atoms with E-state index in [1.165, 1.54) is 5.56 Å². The molecule has 0 amide bonds. The van der Waals surface area contributed by atoms with Crippen molar-refractivity contribution in [2.75, 3.05) is 13.1 Å². The molecule has 2 aromatic rings. The minimum absolute atomic E-state index is 0.552. The number of H-pyrrole nitrogens is 1. The molecule has 2 N–H and O–H groups in total. The summed E-state index contributed by atoms with van der Waals surface area (Å²) >= 11 is 0. The molecule has 0 bridgehead atoms. The summed E-state index contributed by atoms with van der Waals surface area (Å²) in [6.07, 6.45) is 2.44. The van der Waals surface area contributed by atoms with Crippen molar-refractivity contribution in [2.24, 2.45) is 5.92 Å². The Labute approximate surface area is 114 Å². The fourth-order valence-corrected chi connectivity index (χ4v) is 2.25. The highest BCUT2D eigenvalue weighted by Gasteiger charge is 2.14. The fourth-order valence-electron chi connectivity index (χ4n) is 2.25. The van der Waals surface area contributed by atoms with Gasteiger partial charge in [-0.3, -0.25) is 5.10 Å². The topological polar surface area (TPSA) is 53.6 Å². The lowest BCUT2D eigenvalue weighted by atomic mass is 9.88. The lowest BCUT2D eigenvalue weighted by Gasteiger charge is -2.21. The number of aromatic amines is 1. The molecule has 1 unspecified atom stereocenters. The van der Waals surface area contributed by atoms with E-state index in [4.69, 9.17) is 0 Å². The van der Waals surface area contributed by atoms with Crippen LogP contribution in [-0.4, -0.2) is 28.3 Å². The van der Waals surface area contributed by atoms with E-state index in [2.05, 4.69) is 64.7 Å². The lowest BCUT2D eigenvalue weighted by molar-refractivity contribution is 0.462. The molecule has 1 atom stereocenters. The highest BCUT2D eigenvalue weighted by molar-refractivity contribution is 5.20. The van der Waals surface area contributed by atoms with Crippen LogP contribution in [0.1, 0.15) is 31.2 Å². The Balaban J connectivity index is 1.81. The van der Waals surface area contributed by atoms with Crippen LogP contribution in [-0.2, 0) is 6.42 Å². The van der Waals surface area contributed by atoms with Crippen LogP contribution >= 0.6 is 0 Å². The molecule has 0 fully saturated rings. The summed E-state index contributed by atoms with van der Waals surface area (Å²) < 4.78 is 0. The quantitative estimate of drug-likeness (QED) is 0.750. The number of nitrogens with one attached hydrogen (secondary N) is 2. The van der Waals surface area contributed by atoms with Gasteiger partial charge < -0.3 is 5.32 Å². The molecule has 4 heteroatoms. The van der Waals surface area contributed by atoms with E-state index < -0.39 is 0 Å². The average Bonchev–Trinajstić information content (AvgIpc) is 2.92. The van der Waals surface area contributed by atoms with Gasteiger partial charge in [0.15, 0.2) is 0 Å². The van der Waals surface area contributed by atoms with E-state index in [1.807, 2.05) is 0 Å². The molecule has 1 aromatic heterocycles. The molecule has 0 aliphatic rings. The number of nitrogens with zero attached hydrogens (tertiary/aromatic N) is 2. The van der Waals surface area contributed by atoms with Crippen molar-refractivity contribution in [1.29, 1.82) is 0 Å². The summed E-state index contributed by atoms with van der Waals surface area (Å²) in [4.78, 5) is 4.12. The Bertz CT molecular complexity index is 450. The van der Waals surface area contributed by atoms with Crippen LogP contribution in [0.15, 0.2) is 36.7 Å². The Hall–Kier alpha value is -1.68. The molecule has 0 aliphatic heterocycles. The van der Waals surface area contributed by atoms with E-state index in [0.29, 0.717) is 11.8 Å². The predicted octanol–water partition coefficient (Wildman–Crippen LogP) is 2.38. The van der Waals surface area contributed by atoms with Gasteiger partial charge >= 0.3 is 0 Å². The second kappa shape index (κ2) is 7.04. The molecule has 4 nitrogen and oxygen atoms in total. The SMILES string of the molecule is CC(C)C(CNCCc1ncn[nH]1)c1ccccc1. The van der Waals surface area contributed by atoms with Crippen LogP contribution in [0.25, 0.3) is 0 Å². The van der Waals surface area contributed by atoms with Crippen molar-refractivity contribution in [2.45, 2.75) is 26.2 Å². The Morgan fingerprint density at radius 2 is 2.00 bits per heavy atom. The van der Waals surface area contributed by atoms with Crippen LogP contribution in [0.4, 0.5) is 0 Å². The molecule has 0 radical (unpaired) electrons. The molecule has 0 spiro atoms. The summed E-state index contributed by atoms with van der Waals surface area (Å²) in [5.41, 5.74) is 1.41. The summed E-state index contributed by atoms with van der Waals surface area (Å²) in [5.74, 6) is 2.12. The normalized spacial score (nSPS) is 12.8. The van der Waals surface area contributed by atoms with Gasteiger partial charge in [0.2, 0.25) is 0 Å². The lowest BCUT2D eigenvalue weighted by Crippen LogP contribution is -2.26. The maximum absolute atomic E-state index is 4.12. The zero-order valence-electron chi connectivity index (χ0n) is 11.6. The molecule has 1 heterocycles. The summed E-state index contributed by atoms with van der Waals surface area (Å²) in [5, 5.41) is 10.2. The maximum atomic E-state index is 4.12. The minimum atomic E-state index is 0.552. The zero-order valence-corrected chi connectivity index (χ0v) is 11.6.